The minimum Gasteiger partial charge on any atom is -0.497 e. The molecule has 0 radical (unpaired) electrons. The van der Waals surface area contributed by atoms with E-state index in [1.807, 2.05) is 19.2 Å². The number of halogens is 1. The molecule has 0 spiro atoms. The highest BCUT2D eigenvalue weighted by atomic mass is 79.9. The first-order chi connectivity index (χ1) is 9.70. The van der Waals surface area contributed by atoms with Crippen LogP contribution in [-0.4, -0.2) is 25.4 Å². The van der Waals surface area contributed by atoms with Gasteiger partial charge in [-0.2, -0.15) is 0 Å². The Bertz CT molecular complexity index is 514. The zero-order chi connectivity index (χ0) is 15.8. The van der Waals surface area contributed by atoms with Gasteiger partial charge < -0.3 is 14.8 Å². The Morgan fingerprint density at radius 1 is 1.33 bits per heavy atom. The number of benzene rings is 1. The molecule has 0 aromatic heterocycles. The fourth-order valence-electron chi connectivity index (χ4n) is 3.58. The topological polar surface area (TPSA) is 30.5 Å². The van der Waals surface area contributed by atoms with E-state index in [0.717, 1.165) is 16.6 Å². The second-order valence-corrected chi connectivity index (χ2v) is 7.78. The van der Waals surface area contributed by atoms with Crippen LogP contribution in [0.5, 0.6) is 5.75 Å². The summed E-state index contributed by atoms with van der Waals surface area (Å²) in [5.74, 6) is 1.27. The molecule has 1 N–H and O–H groups in total. The van der Waals surface area contributed by atoms with Gasteiger partial charge in [0, 0.05) is 16.4 Å². The van der Waals surface area contributed by atoms with E-state index >= 15 is 0 Å². The lowest BCUT2D eigenvalue weighted by atomic mass is 9.79. The maximum absolute atomic E-state index is 6.26. The molecule has 21 heavy (non-hydrogen) atoms. The summed E-state index contributed by atoms with van der Waals surface area (Å²) in [6.45, 7) is 8.71. The third-order valence-corrected chi connectivity index (χ3v) is 5.12. The summed E-state index contributed by atoms with van der Waals surface area (Å²) in [6, 6.07) is 6.34. The maximum atomic E-state index is 6.26. The molecule has 118 valence electrons. The lowest BCUT2D eigenvalue weighted by Gasteiger charge is -2.33. The Balaban J connectivity index is 2.40. The van der Waals surface area contributed by atoms with E-state index in [9.17, 15) is 0 Å². The van der Waals surface area contributed by atoms with Crippen LogP contribution in [0.2, 0.25) is 0 Å². The van der Waals surface area contributed by atoms with Crippen LogP contribution in [0.3, 0.4) is 0 Å². The van der Waals surface area contributed by atoms with Gasteiger partial charge in [-0.1, -0.05) is 15.9 Å². The molecule has 1 aromatic carbocycles. The van der Waals surface area contributed by atoms with E-state index in [4.69, 9.17) is 9.47 Å². The quantitative estimate of drug-likeness (QED) is 0.872. The van der Waals surface area contributed by atoms with Crippen molar-refractivity contribution in [1.82, 2.24) is 5.32 Å². The highest BCUT2D eigenvalue weighted by Gasteiger charge is 2.49. The Kier molecular flexibility index (Phi) is 4.72. The van der Waals surface area contributed by atoms with Crippen LogP contribution in [-0.2, 0) is 4.74 Å². The normalized spacial score (nSPS) is 24.8. The van der Waals surface area contributed by atoms with Crippen molar-refractivity contribution in [3.63, 3.8) is 0 Å². The van der Waals surface area contributed by atoms with Crippen molar-refractivity contribution in [1.29, 1.82) is 0 Å². The molecule has 0 aliphatic carbocycles. The Morgan fingerprint density at radius 2 is 2.00 bits per heavy atom. The third-order valence-electron chi connectivity index (χ3n) is 4.40. The van der Waals surface area contributed by atoms with Crippen molar-refractivity contribution in [3.8, 4) is 5.75 Å². The summed E-state index contributed by atoms with van der Waals surface area (Å²) in [5, 5.41) is 3.48. The number of nitrogens with one attached hydrogen (secondary N) is 1. The predicted molar refractivity (Wildman–Crippen MR) is 89.8 cm³/mol. The highest BCUT2D eigenvalue weighted by molar-refractivity contribution is 9.10. The second kappa shape index (κ2) is 5.90. The van der Waals surface area contributed by atoms with Crippen LogP contribution in [0.15, 0.2) is 22.7 Å². The average molecular weight is 356 g/mol. The predicted octanol–water partition coefficient (Wildman–Crippen LogP) is 4.31. The number of hydrogen-bond acceptors (Lipinski definition) is 3. The first-order valence-electron chi connectivity index (χ1n) is 7.41. The number of ether oxygens (including phenoxy) is 2. The Labute approximate surface area is 136 Å². The van der Waals surface area contributed by atoms with Gasteiger partial charge in [-0.05, 0) is 64.9 Å². The maximum Gasteiger partial charge on any atom is 0.119 e. The highest BCUT2D eigenvalue weighted by Crippen LogP contribution is 2.48. The van der Waals surface area contributed by atoms with Crippen molar-refractivity contribution in [2.45, 2.75) is 51.4 Å². The SMILES string of the molecule is CNC(c1cc(OC)ccc1Br)C1CC(C)(C)OC1(C)C. The van der Waals surface area contributed by atoms with Crippen LogP contribution >= 0.6 is 15.9 Å². The number of rotatable bonds is 4. The summed E-state index contributed by atoms with van der Waals surface area (Å²) in [6.07, 6.45) is 1.02. The van der Waals surface area contributed by atoms with Gasteiger partial charge in [0.25, 0.3) is 0 Å². The van der Waals surface area contributed by atoms with Crippen LogP contribution in [0.1, 0.15) is 45.7 Å². The van der Waals surface area contributed by atoms with Gasteiger partial charge in [0.15, 0.2) is 0 Å². The fraction of sp³-hybridized carbons (Fsp3) is 0.647. The van der Waals surface area contributed by atoms with Crippen molar-refractivity contribution in [2.75, 3.05) is 14.2 Å². The molecule has 1 aromatic rings. The molecule has 2 unspecified atom stereocenters. The largest absolute Gasteiger partial charge is 0.497 e. The standard InChI is InChI=1S/C17H26BrNO2/c1-16(2)10-13(17(3,4)21-16)15(19-5)12-9-11(20-6)7-8-14(12)18/h7-9,13,15,19H,10H2,1-6H3. The summed E-state index contributed by atoms with van der Waals surface area (Å²) in [7, 11) is 3.71. The summed E-state index contributed by atoms with van der Waals surface area (Å²) in [4.78, 5) is 0. The summed E-state index contributed by atoms with van der Waals surface area (Å²) < 4.78 is 12.7. The van der Waals surface area contributed by atoms with E-state index in [-0.39, 0.29) is 17.2 Å². The Morgan fingerprint density at radius 3 is 2.48 bits per heavy atom. The Hall–Kier alpha value is -0.580. The van der Waals surface area contributed by atoms with Crippen molar-refractivity contribution >= 4 is 15.9 Å². The van der Waals surface area contributed by atoms with E-state index in [1.165, 1.54) is 5.56 Å². The minimum atomic E-state index is -0.167. The number of hydrogen-bond donors (Lipinski definition) is 1. The van der Waals surface area contributed by atoms with Crippen LogP contribution in [0.4, 0.5) is 0 Å². The molecular formula is C17H26BrNO2. The second-order valence-electron chi connectivity index (χ2n) is 6.93. The molecular weight excluding hydrogens is 330 g/mol. The molecule has 0 amide bonds. The van der Waals surface area contributed by atoms with Gasteiger partial charge >= 0.3 is 0 Å². The van der Waals surface area contributed by atoms with E-state index < -0.39 is 0 Å². The van der Waals surface area contributed by atoms with Gasteiger partial charge in [0.1, 0.15) is 5.75 Å². The van der Waals surface area contributed by atoms with Crippen molar-refractivity contribution in [3.05, 3.63) is 28.2 Å². The molecule has 1 aliphatic rings. The molecule has 2 rings (SSSR count). The van der Waals surface area contributed by atoms with Crippen LogP contribution in [0, 0.1) is 5.92 Å². The zero-order valence-electron chi connectivity index (χ0n) is 13.8. The zero-order valence-corrected chi connectivity index (χ0v) is 15.4. The van der Waals surface area contributed by atoms with E-state index in [1.54, 1.807) is 7.11 Å². The fourth-order valence-corrected chi connectivity index (χ4v) is 4.08. The van der Waals surface area contributed by atoms with Gasteiger partial charge in [-0.25, -0.2) is 0 Å². The van der Waals surface area contributed by atoms with Gasteiger partial charge in [-0.3, -0.25) is 0 Å². The molecule has 1 heterocycles. The summed E-state index contributed by atoms with van der Waals surface area (Å²) >= 11 is 3.68. The van der Waals surface area contributed by atoms with E-state index in [0.29, 0.717) is 5.92 Å². The average Bonchev–Trinajstić information content (AvgIpc) is 2.61. The van der Waals surface area contributed by atoms with Gasteiger partial charge in [0.05, 0.1) is 18.3 Å². The van der Waals surface area contributed by atoms with Crippen molar-refractivity contribution < 1.29 is 9.47 Å². The van der Waals surface area contributed by atoms with Crippen molar-refractivity contribution in [2.24, 2.45) is 5.92 Å². The lowest BCUT2D eigenvalue weighted by molar-refractivity contribution is -0.0777. The monoisotopic (exact) mass is 355 g/mol. The molecule has 4 heteroatoms. The first-order valence-corrected chi connectivity index (χ1v) is 8.20. The van der Waals surface area contributed by atoms with Gasteiger partial charge in [0.2, 0.25) is 0 Å². The smallest absolute Gasteiger partial charge is 0.119 e. The van der Waals surface area contributed by atoms with E-state index in [2.05, 4.69) is 55.0 Å². The molecule has 0 saturated carbocycles. The first kappa shape index (κ1) is 16.8. The third kappa shape index (κ3) is 3.43. The molecule has 2 atom stereocenters. The number of methoxy groups -OCH3 is 1. The molecule has 0 bridgehead atoms. The lowest BCUT2D eigenvalue weighted by Crippen LogP contribution is -2.37. The molecule has 1 fully saturated rings. The molecule has 3 nitrogen and oxygen atoms in total. The summed E-state index contributed by atoms with van der Waals surface area (Å²) in [5.41, 5.74) is 0.963. The minimum absolute atomic E-state index is 0.0887. The van der Waals surface area contributed by atoms with Crippen LogP contribution < -0.4 is 10.1 Å². The van der Waals surface area contributed by atoms with Crippen LogP contribution in [0.25, 0.3) is 0 Å². The molecule has 1 aliphatic heterocycles. The van der Waals surface area contributed by atoms with Gasteiger partial charge in [-0.15, -0.1) is 0 Å². The molecule has 1 saturated heterocycles.